The Labute approximate surface area is 98.4 Å². The van der Waals surface area contributed by atoms with Crippen molar-refractivity contribution >= 4 is 5.69 Å². The van der Waals surface area contributed by atoms with E-state index in [0.29, 0.717) is 12.1 Å². The van der Waals surface area contributed by atoms with Gasteiger partial charge in [0.1, 0.15) is 0 Å². The van der Waals surface area contributed by atoms with E-state index in [2.05, 4.69) is 43.0 Å². The number of nitrogens with two attached hydrogens (primary N) is 1. The summed E-state index contributed by atoms with van der Waals surface area (Å²) in [6, 6.07) is 9.67. The van der Waals surface area contributed by atoms with Crippen LogP contribution in [-0.4, -0.2) is 18.6 Å². The molecule has 1 aromatic rings. The molecule has 2 atom stereocenters. The molecule has 0 heterocycles. The van der Waals surface area contributed by atoms with E-state index in [4.69, 9.17) is 5.73 Å². The topological polar surface area (TPSA) is 29.3 Å². The van der Waals surface area contributed by atoms with Gasteiger partial charge in [-0.05, 0) is 45.2 Å². The molecule has 1 aromatic carbocycles. The number of hydrogen-bond acceptors (Lipinski definition) is 2. The van der Waals surface area contributed by atoms with E-state index in [9.17, 15) is 0 Å². The van der Waals surface area contributed by atoms with Crippen LogP contribution in [0.3, 0.4) is 0 Å². The van der Waals surface area contributed by atoms with Gasteiger partial charge in [-0.1, -0.05) is 17.7 Å². The zero-order valence-corrected chi connectivity index (χ0v) is 10.3. The van der Waals surface area contributed by atoms with Crippen LogP contribution in [0, 0.1) is 6.92 Å². The molecule has 1 fully saturated rings. The highest BCUT2D eigenvalue weighted by Gasteiger charge is 2.28. The molecular formula is C14H22N2. The minimum atomic E-state index is 0.348. The maximum Gasteiger partial charge on any atom is 0.0440 e. The SMILES string of the molecule is CCN(c1ccc(C)cc1)C1CCCC1N. The van der Waals surface area contributed by atoms with Gasteiger partial charge in [-0.2, -0.15) is 0 Å². The van der Waals surface area contributed by atoms with Crippen molar-refractivity contribution in [3.63, 3.8) is 0 Å². The van der Waals surface area contributed by atoms with Crippen molar-refractivity contribution in [2.24, 2.45) is 5.73 Å². The van der Waals surface area contributed by atoms with E-state index in [0.717, 1.165) is 6.54 Å². The van der Waals surface area contributed by atoms with Crippen LogP contribution < -0.4 is 10.6 Å². The van der Waals surface area contributed by atoms with E-state index < -0.39 is 0 Å². The molecule has 2 nitrogen and oxygen atoms in total. The molecule has 2 rings (SSSR count). The Morgan fingerprint density at radius 3 is 2.44 bits per heavy atom. The fourth-order valence-electron chi connectivity index (χ4n) is 2.70. The molecule has 1 saturated carbocycles. The smallest absolute Gasteiger partial charge is 0.0440 e. The van der Waals surface area contributed by atoms with Crippen LogP contribution in [0.1, 0.15) is 31.7 Å². The Morgan fingerprint density at radius 1 is 1.25 bits per heavy atom. The third kappa shape index (κ3) is 2.22. The Morgan fingerprint density at radius 2 is 1.94 bits per heavy atom. The van der Waals surface area contributed by atoms with E-state index in [-0.39, 0.29) is 0 Å². The molecule has 2 N–H and O–H groups in total. The van der Waals surface area contributed by atoms with E-state index in [1.54, 1.807) is 0 Å². The van der Waals surface area contributed by atoms with Crippen molar-refractivity contribution in [1.82, 2.24) is 0 Å². The molecule has 2 heteroatoms. The van der Waals surface area contributed by atoms with Gasteiger partial charge in [0.2, 0.25) is 0 Å². The lowest BCUT2D eigenvalue weighted by Gasteiger charge is -2.32. The van der Waals surface area contributed by atoms with Crippen LogP contribution in [0.2, 0.25) is 0 Å². The van der Waals surface area contributed by atoms with Crippen molar-refractivity contribution in [3.8, 4) is 0 Å². The van der Waals surface area contributed by atoms with Gasteiger partial charge in [0.05, 0.1) is 0 Å². The van der Waals surface area contributed by atoms with Crippen LogP contribution in [0.25, 0.3) is 0 Å². The predicted molar refractivity (Wildman–Crippen MR) is 69.8 cm³/mol. The molecule has 2 unspecified atom stereocenters. The maximum absolute atomic E-state index is 6.18. The van der Waals surface area contributed by atoms with Crippen molar-refractivity contribution < 1.29 is 0 Å². The average Bonchev–Trinajstić information content (AvgIpc) is 2.69. The quantitative estimate of drug-likeness (QED) is 0.845. The number of benzene rings is 1. The molecule has 0 amide bonds. The minimum absolute atomic E-state index is 0.348. The summed E-state index contributed by atoms with van der Waals surface area (Å²) in [6.45, 7) is 5.38. The van der Waals surface area contributed by atoms with Gasteiger partial charge >= 0.3 is 0 Å². The third-order valence-electron chi connectivity index (χ3n) is 3.64. The first kappa shape index (κ1) is 11.5. The van der Waals surface area contributed by atoms with Gasteiger partial charge in [0.15, 0.2) is 0 Å². The second-order valence-corrected chi connectivity index (χ2v) is 4.78. The lowest BCUT2D eigenvalue weighted by atomic mass is 10.1. The maximum atomic E-state index is 6.18. The summed E-state index contributed by atoms with van der Waals surface area (Å²) in [5.41, 5.74) is 8.81. The molecule has 0 radical (unpaired) electrons. The Balaban J connectivity index is 2.18. The van der Waals surface area contributed by atoms with Crippen LogP contribution in [0.4, 0.5) is 5.69 Å². The highest BCUT2D eigenvalue weighted by molar-refractivity contribution is 5.49. The highest BCUT2D eigenvalue weighted by Crippen LogP contribution is 2.27. The summed E-state index contributed by atoms with van der Waals surface area (Å²) < 4.78 is 0. The van der Waals surface area contributed by atoms with Gasteiger partial charge in [-0.3, -0.25) is 0 Å². The molecule has 16 heavy (non-hydrogen) atoms. The van der Waals surface area contributed by atoms with Gasteiger partial charge in [-0.15, -0.1) is 0 Å². The molecule has 0 spiro atoms. The van der Waals surface area contributed by atoms with Crippen molar-refractivity contribution in [2.45, 2.75) is 45.2 Å². The zero-order valence-electron chi connectivity index (χ0n) is 10.3. The standard InChI is InChI=1S/C14H22N2/c1-3-16(14-6-4-5-13(14)15)12-9-7-11(2)8-10-12/h7-10,13-14H,3-6,15H2,1-2H3. The first-order chi connectivity index (χ1) is 7.72. The number of aryl methyl sites for hydroxylation is 1. The van der Waals surface area contributed by atoms with Crippen LogP contribution in [0.5, 0.6) is 0 Å². The van der Waals surface area contributed by atoms with Crippen molar-refractivity contribution in [2.75, 3.05) is 11.4 Å². The fraction of sp³-hybridized carbons (Fsp3) is 0.571. The number of hydrogen-bond donors (Lipinski definition) is 1. The first-order valence-electron chi connectivity index (χ1n) is 6.31. The molecule has 0 aromatic heterocycles. The lowest BCUT2D eigenvalue weighted by molar-refractivity contribution is 0.551. The Bertz CT molecular complexity index is 331. The fourth-order valence-corrected chi connectivity index (χ4v) is 2.70. The average molecular weight is 218 g/mol. The predicted octanol–water partition coefficient (Wildman–Crippen LogP) is 2.70. The number of likely N-dealkylation sites (N-methyl/N-ethyl adjacent to an activating group) is 1. The summed E-state index contributed by atoms with van der Waals surface area (Å²) in [4.78, 5) is 2.46. The molecular weight excluding hydrogens is 196 g/mol. The molecule has 0 aliphatic heterocycles. The molecule has 1 aliphatic carbocycles. The summed E-state index contributed by atoms with van der Waals surface area (Å²) in [6.07, 6.45) is 3.68. The highest BCUT2D eigenvalue weighted by atomic mass is 15.2. The molecule has 0 bridgehead atoms. The summed E-state index contributed by atoms with van der Waals surface area (Å²) in [5.74, 6) is 0. The number of anilines is 1. The number of nitrogens with zero attached hydrogens (tertiary/aromatic N) is 1. The summed E-state index contributed by atoms with van der Waals surface area (Å²) in [7, 11) is 0. The zero-order chi connectivity index (χ0) is 11.5. The second-order valence-electron chi connectivity index (χ2n) is 4.78. The van der Waals surface area contributed by atoms with Gasteiger partial charge < -0.3 is 10.6 Å². The Kier molecular flexibility index (Phi) is 3.49. The summed E-state index contributed by atoms with van der Waals surface area (Å²) in [5, 5.41) is 0. The summed E-state index contributed by atoms with van der Waals surface area (Å²) >= 11 is 0. The van der Waals surface area contributed by atoms with Gasteiger partial charge in [0.25, 0.3) is 0 Å². The largest absolute Gasteiger partial charge is 0.367 e. The van der Waals surface area contributed by atoms with E-state index >= 15 is 0 Å². The monoisotopic (exact) mass is 218 g/mol. The number of rotatable bonds is 3. The third-order valence-corrected chi connectivity index (χ3v) is 3.64. The molecule has 1 aliphatic rings. The van der Waals surface area contributed by atoms with E-state index in [1.165, 1.54) is 30.5 Å². The van der Waals surface area contributed by atoms with Crippen molar-refractivity contribution in [3.05, 3.63) is 29.8 Å². The van der Waals surface area contributed by atoms with Crippen LogP contribution in [0.15, 0.2) is 24.3 Å². The normalized spacial score (nSPS) is 24.7. The minimum Gasteiger partial charge on any atom is -0.367 e. The lowest BCUT2D eigenvalue weighted by Crippen LogP contribution is -2.44. The first-order valence-corrected chi connectivity index (χ1v) is 6.31. The molecule has 0 saturated heterocycles. The second kappa shape index (κ2) is 4.88. The van der Waals surface area contributed by atoms with Crippen LogP contribution in [-0.2, 0) is 0 Å². The molecule has 88 valence electrons. The van der Waals surface area contributed by atoms with Crippen molar-refractivity contribution in [1.29, 1.82) is 0 Å². The Hall–Kier alpha value is -1.02. The van der Waals surface area contributed by atoms with E-state index in [1.807, 2.05) is 0 Å². The van der Waals surface area contributed by atoms with Gasteiger partial charge in [0, 0.05) is 24.3 Å². The van der Waals surface area contributed by atoms with Gasteiger partial charge in [-0.25, -0.2) is 0 Å². The van der Waals surface area contributed by atoms with Crippen LogP contribution >= 0.6 is 0 Å².